The van der Waals surface area contributed by atoms with E-state index in [0.717, 1.165) is 30.1 Å². The molecule has 10 nitrogen and oxygen atoms in total. The minimum atomic E-state index is -1.02. The molecule has 2 N–H and O–H groups in total. The Morgan fingerprint density at radius 2 is 1.83 bits per heavy atom. The van der Waals surface area contributed by atoms with E-state index in [1.807, 2.05) is 6.92 Å². The van der Waals surface area contributed by atoms with E-state index in [2.05, 4.69) is 10.7 Å². The lowest BCUT2D eigenvalue weighted by atomic mass is 10.1. The number of pyridine rings is 1. The van der Waals surface area contributed by atoms with E-state index in [1.165, 1.54) is 0 Å². The number of hydrogen-bond acceptors (Lipinski definition) is 7. The van der Waals surface area contributed by atoms with Crippen molar-refractivity contribution in [2.75, 3.05) is 19.1 Å². The third kappa shape index (κ3) is 7.52. The standard InChI is InChI=1S/C24H29F2N3O7/c1-6-7-10-35-20-18(22(32)34-5)29(28-23(33)36-24(2,3)4)13-16(19(20)30)21(31)27-12-14-8-9-15(25)11-17(14)26/h8-9,11,13H,6-7,10,12H2,1-5H3,(H,27,31)(H,28,33). The number of hydrogen-bond donors (Lipinski definition) is 2. The average molecular weight is 510 g/mol. The number of ether oxygens (including phenoxy) is 3. The molecule has 0 aliphatic rings. The van der Waals surface area contributed by atoms with Crippen LogP contribution in [0.25, 0.3) is 0 Å². The molecule has 0 bridgehead atoms. The predicted molar refractivity (Wildman–Crippen MR) is 126 cm³/mol. The van der Waals surface area contributed by atoms with Crippen molar-refractivity contribution < 1.29 is 37.4 Å². The summed E-state index contributed by atoms with van der Waals surface area (Å²) >= 11 is 0. The first-order chi connectivity index (χ1) is 16.9. The molecule has 0 aliphatic carbocycles. The molecule has 12 heteroatoms. The van der Waals surface area contributed by atoms with E-state index in [1.54, 1.807) is 20.8 Å². The highest BCUT2D eigenvalue weighted by Gasteiger charge is 2.28. The van der Waals surface area contributed by atoms with Gasteiger partial charge in [-0.05, 0) is 33.3 Å². The third-order valence-corrected chi connectivity index (χ3v) is 4.60. The van der Waals surface area contributed by atoms with Crippen molar-refractivity contribution in [2.45, 2.75) is 52.7 Å². The average Bonchev–Trinajstić information content (AvgIpc) is 2.78. The molecule has 1 aromatic heterocycles. The number of esters is 1. The van der Waals surface area contributed by atoms with Crippen molar-refractivity contribution >= 4 is 18.0 Å². The van der Waals surface area contributed by atoms with E-state index < -0.39 is 57.6 Å². The highest BCUT2D eigenvalue weighted by Crippen LogP contribution is 2.18. The molecule has 0 atom stereocenters. The number of rotatable bonds is 9. The number of methoxy groups -OCH3 is 1. The van der Waals surface area contributed by atoms with Gasteiger partial charge in [-0.3, -0.25) is 9.59 Å². The molecule has 2 aromatic rings. The van der Waals surface area contributed by atoms with Crippen LogP contribution in [-0.2, 0) is 16.0 Å². The van der Waals surface area contributed by atoms with Gasteiger partial charge >= 0.3 is 12.1 Å². The molecule has 2 amide bonds. The van der Waals surface area contributed by atoms with Crippen molar-refractivity contribution in [1.29, 1.82) is 0 Å². The highest BCUT2D eigenvalue weighted by atomic mass is 19.1. The van der Waals surface area contributed by atoms with Gasteiger partial charge in [0.05, 0.1) is 13.7 Å². The van der Waals surface area contributed by atoms with Gasteiger partial charge in [-0.1, -0.05) is 19.4 Å². The van der Waals surface area contributed by atoms with Crippen LogP contribution < -0.4 is 20.9 Å². The fourth-order valence-electron chi connectivity index (χ4n) is 2.92. The molecule has 0 unspecified atom stereocenters. The summed E-state index contributed by atoms with van der Waals surface area (Å²) in [6.45, 7) is 6.40. The first-order valence-electron chi connectivity index (χ1n) is 11.1. The van der Waals surface area contributed by atoms with E-state index in [9.17, 15) is 28.0 Å². The van der Waals surface area contributed by atoms with Crippen LogP contribution >= 0.6 is 0 Å². The maximum Gasteiger partial charge on any atom is 0.426 e. The molecule has 1 heterocycles. The lowest BCUT2D eigenvalue weighted by molar-refractivity contribution is 0.0572. The number of carbonyl (C=O) groups excluding carboxylic acids is 3. The van der Waals surface area contributed by atoms with E-state index in [4.69, 9.17) is 14.2 Å². The van der Waals surface area contributed by atoms with Crippen molar-refractivity contribution in [3.63, 3.8) is 0 Å². The molecule has 2 rings (SSSR count). The Hall–Kier alpha value is -3.96. The van der Waals surface area contributed by atoms with Gasteiger partial charge in [-0.25, -0.2) is 28.5 Å². The van der Waals surface area contributed by atoms with Gasteiger partial charge in [0, 0.05) is 24.4 Å². The molecule has 36 heavy (non-hydrogen) atoms. The van der Waals surface area contributed by atoms with Gasteiger partial charge < -0.3 is 19.5 Å². The van der Waals surface area contributed by atoms with Gasteiger partial charge in [-0.2, -0.15) is 0 Å². The number of carbonyl (C=O) groups is 3. The summed E-state index contributed by atoms with van der Waals surface area (Å²) in [5.41, 5.74) is -0.582. The van der Waals surface area contributed by atoms with Gasteiger partial charge in [0.15, 0.2) is 5.69 Å². The van der Waals surface area contributed by atoms with E-state index in [-0.39, 0.29) is 18.7 Å². The van der Waals surface area contributed by atoms with Crippen LogP contribution in [0.2, 0.25) is 0 Å². The first kappa shape index (κ1) is 28.3. The Kier molecular flexibility index (Phi) is 9.53. The Morgan fingerprint density at radius 3 is 2.42 bits per heavy atom. The molecule has 0 saturated heterocycles. The largest absolute Gasteiger partial charge is 0.487 e. The fourth-order valence-corrected chi connectivity index (χ4v) is 2.92. The zero-order chi connectivity index (χ0) is 27.0. The second-order valence-corrected chi connectivity index (χ2v) is 8.65. The zero-order valence-electron chi connectivity index (χ0n) is 20.7. The molecule has 0 fully saturated rings. The van der Waals surface area contributed by atoms with Gasteiger partial charge in [-0.15, -0.1) is 0 Å². The Labute approximate surface area is 206 Å². The van der Waals surface area contributed by atoms with Crippen LogP contribution in [0, 0.1) is 11.6 Å². The SMILES string of the molecule is CCCCOc1c(C(=O)OC)n(NC(=O)OC(C)(C)C)cc(C(=O)NCc2ccc(F)cc2F)c1=O. The smallest absolute Gasteiger partial charge is 0.426 e. The highest BCUT2D eigenvalue weighted by molar-refractivity contribution is 5.97. The van der Waals surface area contributed by atoms with Crippen LogP contribution in [0.15, 0.2) is 29.2 Å². The number of unbranched alkanes of at least 4 members (excludes halogenated alkanes) is 1. The number of halogens is 2. The Bertz CT molecular complexity index is 1190. The molecule has 0 radical (unpaired) electrons. The van der Waals surface area contributed by atoms with Crippen LogP contribution in [0.3, 0.4) is 0 Å². The van der Waals surface area contributed by atoms with Crippen molar-refractivity contribution in [3.8, 4) is 5.75 Å². The lowest BCUT2D eigenvalue weighted by Gasteiger charge is -2.22. The molecule has 0 spiro atoms. The monoisotopic (exact) mass is 509 g/mol. The summed E-state index contributed by atoms with van der Waals surface area (Å²) in [6.07, 6.45) is 1.15. The molecule has 196 valence electrons. The Morgan fingerprint density at radius 1 is 1.14 bits per heavy atom. The van der Waals surface area contributed by atoms with E-state index >= 15 is 0 Å². The quantitative estimate of drug-likeness (QED) is 0.392. The minimum Gasteiger partial charge on any atom is -0.487 e. The van der Waals surface area contributed by atoms with Crippen LogP contribution in [0.4, 0.5) is 13.6 Å². The number of aromatic nitrogens is 1. The topological polar surface area (TPSA) is 125 Å². The van der Waals surface area contributed by atoms with Crippen molar-refractivity contribution in [3.05, 3.63) is 63.1 Å². The van der Waals surface area contributed by atoms with Crippen LogP contribution in [-0.4, -0.2) is 42.0 Å². The fraction of sp³-hybridized carbons (Fsp3) is 0.417. The molecule has 0 aliphatic heterocycles. The van der Waals surface area contributed by atoms with Crippen LogP contribution in [0.5, 0.6) is 5.75 Å². The summed E-state index contributed by atoms with van der Waals surface area (Å²) < 4.78 is 43.4. The third-order valence-electron chi connectivity index (χ3n) is 4.60. The van der Waals surface area contributed by atoms with Crippen molar-refractivity contribution in [1.82, 2.24) is 9.99 Å². The number of nitrogens with zero attached hydrogens (tertiary/aromatic N) is 1. The summed E-state index contributed by atoms with van der Waals surface area (Å²) in [5.74, 6) is -4.17. The molecule has 0 saturated carbocycles. The van der Waals surface area contributed by atoms with Gasteiger partial charge in [0.25, 0.3) is 5.91 Å². The summed E-state index contributed by atoms with van der Waals surface area (Å²) in [7, 11) is 1.07. The molecule has 1 aromatic carbocycles. The van der Waals surface area contributed by atoms with Gasteiger partial charge in [0.2, 0.25) is 11.2 Å². The number of benzene rings is 1. The molecular weight excluding hydrogens is 480 g/mol. The summed E-state index contributed by atoms with van der Waals surface area (Å²) in [6, 6.07) is 2.82. The summed E-state index contributed by atoms with van der Waals surface area (Å²) in [5, 5.41) is 2.36. The summed E-state index contributed by atoms with van der Waals surface area (Å²) in [4.78, 5) is 51.0. The predicted octanol–water partition coefficient (Wildman–Crippen LogP) is 3.50. The second kappa shape index (κ2) is 12.1. The van der Waals surface area contributed by atoms with Crippen LogP contribution in [0.1, 0.15) is 66.9 Å². The normalized spacial score (nSPS) is 11.0. The minimum absolute atomic E-state index is 0.0254. The number of nitrogens with one attached hydrogen (secondary N) is 2. The van der Waals surface area contributed by atoms with E-state index in [0.29, 0.717) is 18.9 Å². The first-order valence-corrected chi connectivity index (χ1v) is 11.1. The van der Waals surface area contributed by atoms with Gasteiger partial charge in [0.1, 0.15) is 22.8 Å². The lowest BCUT2D eigenvalue weighted by Crippen LogP contribution is -2.37. The maximum atomic E-state index is 14.0. The maximum absolute atomic E-state index is 14.0. The second-order valence-electron chi connectivity index (χ2n) is 8.65. The molecular formula is C24H29F2N3O7. The zero-order valence-corrected chi connectivity index (χ0v) is 20.7. The number of amides is 2. The Balaban J connectivity index is 2.53. The van der Waals surface area contributed by atoms with Crippen molar-refractivity contribution in [2.24, 2.45) is 0 Å².